The molecule has 21 heavy (non-hydrogen) atoms. The normalized spacial score (nSPS) is 11.0. The zero-order valence-corrected chi connectivity index (χ0v) is 13.4. The molecule has 1 N–H and O–H groups in total. The minimum atomic E-state index is 0.615. The first-order chi connectivity index (χ1) is 10.4. The Morgan fingerprint density at radius 2 is 1.62 bits per heavy atom. The highest BCUT2D eigenvalue weighted by Crippen LogP contribution is 2.10. The Kier molecular flexibility index (Phi) is 11.0. The van der Waals surface area contributed by atoms with Crippen molar-refractivity contribution < 1.29 is 14.2 Å². The van der Waals surface area contributed by atoms with E-state index in [9.17, 15) is 0 Å². The van der Waals surface area contributed by atoms with Gasteiger partial charge in [0.1, 0.15) is 0 Å². The third-order valence-corrected chi connectivity index (χ3v) is 3.18. The van der Waals surface area contributed by atoms with Crippen molar-refractivity contribution in [3.63, 3.8) is 0 Å². The largest absolute Gasteiger partial charge is 0.382 e. The van der Waals surface area contributed by atoms with Gasteiger partial charge in [0.15, 0.2) is 0 Å². The first kappa shape index (κ1) is 18.1. The summed E-state index contributed by atoms with van der Waals surface area (Å²) < 4.78 is 16.0. The van der Waals surface area contributed by atoms with E-state index in [-0.39, 0.29) is 0 Å². The number of benzene rings is 1. The van der Waals surface area contributed by atoms with Crippen LogP contribution in [0.1, 0.15) is 24.5 Å². The molecule has 120 valence electrons. The van der Waals surface area contributed by atoms with Crippen molar-refractivity contribution in [2.75, 3.05) is 46.6 Å². The summed E-state index contributed by atoms with van der Waals surface area (Å²) >= 11 is 0. The van der Waals surface area contributed by atoms with Crippen LogP contribution in [0.5, 0.6) is 0 Å². The van der Waals surface area contributed by atoms with Crippen LogP contribution in [0.3, 0.4) is 0 Å². The summed E-state index contributed by atoms with van der Waals surface area (Å²) in [6.07, 6.45) is 2.22. The van der Waals surface area contributed by atoms with Crippen molar-refractivity contribution in [1.29, 1.82) is 0 Å². The molecule has 0 fully saturated rings. The van der Waals surface area contributed by atoms with E-state index >= 15 is 0 Å². The van der Waals surface area contributed by atoms with Gasteiger partial charge in [-0.2, -0.15) is 0 Å². The molecule has 0 atom stereocenters. The summed E-state index contributed by atoms with van der Waals surface area (Å²) in [7, 11) is 1.67. The standard InChI is InChI=1S/C17H29NO3/c1-3-9-18-10-8-16-6-4-5-7-17(16)15-21-14-13-20-12-11-19-2/h4-7,18H,3,8-15H2,1-2H3. The van der Waals surface area contributed by atoms with Crippen molar-refractivity contribution in [3.05, 3.63) is 35.4 Å². The topological polar surface area (TPSA) is 39.7 Å². The molecule has 0 aliphatic heterocycles. The quantitative estimate of drug-likeness (QED) is 0.567. The molecule has 0 aliphatic rings. The molecule has 0 aliphatic carbocycles. The number of ether oxygens (including phenoxy) is 3. The van der Waals surface area contributed by atoms with Crippen molar-refractivity contribution in [2.24, 2.45) is 0 Å². The van der Waals surface area contributed by atoms with Gasteiger partial charge in [0, 0.05) is 7.11 Å². The Morgan fingerprint density at radius 3 is 2.38 bits per heavy atom. The van der Waals surface area contributed by atoms with Gasteiger partial charge in [-0.15, -0.1) is 0 Å². The first-order valence-corrected chi connectivity index (χ1v) is 7.80. The maximum absolute atomic E-state index is 5.68. The van der Waals surface area contributed by atoms with Gasteiger partial charge in [-0.05, 0) is 37.1 Å². The van der Waals surface area contributed by atoms with E-state index in [0.29, 0.717) is 33.0 Å². The van der Waals surface area contributed by atoms with Crippen LogP contribution in [0, 0.1) is 0 Å². The van der Waals surface area contributed by atoms with Crippen molar-refractivity contribution in [1.82, 2.24) is 5.32 Å². The lowest BCUT2D eigenvalue weighted by molar-refractivity contribution is 0.0198. The minimum absolute atomic E-state index is 0.615. The predicted molar refractivity (Wildman–Crippen MR) is 85.7 cm³/mol. The zero-order chi connectivity index (χ0) is 15.2. The van der Waals surface area contributed by atoms with Crippen LogP contribution in [0.2, 0.25) is 0 Å². The third kappa shape index (κ3) is 8.83. The highest BCUT2D eigenvalue weighted by atomic mass is 16.5. The second-order valence-electron chi connectivity index (χ2n) is 4.93. The van der Waals surface area contributed by atoms with Gasteiger partial charge in [-0.1, -0.05) is 31.2 Å². The van der Waals surface area contributed by atoms with Crippen LogP contribution in [-0.2, 0) is 27.2 Å². The van der Waals surface area contributed by atoms with E-state index in [1.54, 1.807) is 7.11 Å². The minimum Gasteiger partial charge on any atom is -0.382 e. The molecule has 0 radical (unpaired) electrons. The molecule has 4 heteroatoms. The van der Waals surface area contributed by atoms with Crippen molar-refractivity contribution in [3.8, 4) is 0 Å². The second-order valence-corrected chi connectivity index (χ2v) is 4.93. The van der Waals surface area contributed by atoms with E-state index in [4.69, 9.17) is 14.2 Å². The highest BCUT2D eigenvalue weighted by molar-refractivity contribution is 5.26. The van der Waals surface area contributed by atoms with Crippen LogP contribution < -0.4 is 5.32 Å². The SMILES string of the molecule is CCCNCCc1ccccc1COCCOCCOC. The molecular weight excluding hydrogens is 266 g/mol. The molecular formula is C17H29NO3. The Hall–Kier alpha value is -0.940. The Morgan fingerprint density at radius 1 is 0.905 bits per heavy atom. The Balaban J connectivity index is 2.21. The van der Waals surface area contributed by atoms with E-state index in [2.05, 4.69) is 36.5 Å². The number of rotatable bonds is 13. The van der Waals surface area contributed by atoms with Crippen molar-refractivity contribution in [2.45, 2.75) is 26.4 Å². The maximum Gasteiger partial charge on any atom is 0.0720 e. The molecule has 0 amide bonds. The predicted octanol–water partition coefficient (Wildman–Crippen LogP) is 2.41. The number of methoxy groups -OCH3 is 1. The lowest BCUT2D eigenvalue weighted by atomic mass is 10.1. The number of nitrogens with one attached hydrogen (secondary N) is 1. The lowest BCUT2D eigenvalue weighted by Crippen LogP contribution is -2.18. The monoisotopic (exact) mass is 295 g/mol. The van der Waals surface area contributed by atoms with Gasteiger partial charge in [-0.25, -0.2) is 0 Å². The van der Waals surface area contributed by atoms with Crippen LogP contribution >= 0.6 is 0 Å². The molecule has 0 spiro atoms. The fourth-order valence-corrected chi connectivity index (χ4v) is 2.01. The summed E-state index contributed by atoms with van der Waals surface area (Å²) in [5.74, 6) is 0. The van der Waals surface area contributed by atoms with E-state index < -0.39 is 0 Å². The molecule has 1 aromatic carbocycles. The molecule has 1 rings (SSSR count). The van der Waals surface area contributed by atoms with Gasteiger partial charge >= 0.3 is 0 Å². The summed E-state index contributed by atoms with van der Waals surface area (Å²) in [4.78, 5) is 0. The summed E-state index contributed by atoms with van der Waals surface area (Å²) in [6, 6.07) is 8.48. The third-order valence-electron chi connectivity index (χ3n) is 3.18. The second kappa shape index (κ2) is 12.8. The molecule has 0 aromatic heterocycles. The summed E-state index contributed by atoms with van der Waals surface area (Å²) in [5.41, 5.74) is 2.63. The Bertz CT molecular complexity index is 358. The smallest absolute Gasteiger partial charge is 0.0720 e. The molecule has 0 bridgehead atoms. The van der Waals surface area contributed by atoms with E-state index in [1.165, 1.54) is 17.5 Å². The molecule has 0 saturated heterocycles. The fraction of sp³-hybridized carbons (Fsp3) is 0.647. The Labute approximate surface area is 128 Å². The van der Waals surface area contributed by atoms with Crippen LogP contribution in [0.4, 0.5) is 0 Å². The average Bonchev–Trinajstić information content (AvgIpc) is 2.52. The molecule has 4 nitrogen and oxygen atoms in total. The zero-order valence-electron chi connectivity index (χ0n) is 13.4. The molecule has 0 heterocycles. The van der Waals surface area contributed by atoms with Crippen LogP contribution in [-0.4, -0.2) is 46.6 Å². The van der Waals surface area contributed by atoms with Gasteiger partial charge in [-0.3, -0.25) is 0 Å². The summed E-state index contributed by atoms with van der Waals surface area (Å²) in [5, 5.41) is 3.43. The molecule has 0 unspecified atom stereocenters. The summed E-state index contributed by atoms with van der Waals surface area (Å²) in [6.45, 7) is 7.42. The number of hydrogen-bond acceptors (Lipinski definition) is 4. The highest BCUT2D eigenvalue weighted by Gasteiger charge is 2.01. The lowest BCUT2D eigenvalue weighted by Gasteiger charge is -2.11. The van der Waals surface area contributed by atoms with E-state index in [1.807, 2.05) is 0 Å². The van der Waals surface area contributed by atoms with Gasteiger partial charge < -0.3 is 19.5 Å². The maximum atomic E-state index is 5.68. The van der Waals surface area contributed by atoms with Gasteiger partial charge in [0.25, 0.3) is 0 Å². The van der Waals surface area contributed by atoms with Gasteiger partial charge in [0.05, 0.1) is 33.0 Å². The first-order valence-electron chi connectivity index (χ1n) is 7.80. The molecule has 1 aromatic rings. The van der Waals surface area contributed by atoms with Gasteiger partial charge in [0.2, 0.25) is 0 Å². The van der Waals surface area contributed by atoms with Crippen LogP contribution in [0.15, 0.2) is 24.3 Å². The average molecular weight is 295 g/mol. The van der Waals surface area contributed by atoms with Crippen molar-refractivity contribution >= 4 is 0 Å². The fourth-order valence-electron chi connectivity index (χ4n) is 2.01. The molecule has 0 saturated carbocycles. The van der Waals surface area contributed by atoms with E-state index in [0.717, 1.165) is 19.5 Å². The van der Waals surface area contributed by atoms with Crippen LogP contribution in [0.25, 0.3) is 0 Å². The number of hydrogen-bond donors (Lipinski definition) is 1.